The Bertz CT molecular complexity index is 1030. The molecule has 0 aliphatic carbocycles. The Balaban J connectivity index is 1.94. The lowest BCUT2D eigenvalue weighted by Gasteiger charge is -2.14. The van der Waals surface area contributed by atoms with Crippen molar-refractivity contribution in [1.29, 1.82) is 0 Å². The zero-order chi connectivity index (χ0) is 17.4. The van der Waals surface area contributed by atoms with Crippen LogP contribution in [-0.4, -0.2) is 32.4 Å². The van der Waals surface area contributed by atoms with Crippen molar-refractivity contribution in [2.75, 3.05) is 6.61 Å². The van der Waals surface area contributed by atoms with Crippen LogP contribution in [0.2, 0.25) is 0 Å². The van der Waals surface area contributed by atoms with E-state index in [1.807, 2.05) is 25.1 Å². The predicted octanol–water partition coefficient (Wildman–Crippen LogP) is 2.50. The van der Waals surface area contributed by atoms with Crippen molar-refractivity contribution in [1.82, 2.24) is 14.5 Å². The van der Waals surface area contributed by atoms with Crippen molar-refractivity contribution in [2.45, 2.75) is 23.8 Å². The van der Waals surface area contributed by atoms with Gasteiger partial charge >= 0.3 is 5.97 Å². The lowest BCUT2D eigenvalue weighted by molar-refractivity contribution is -0.137. The summed E-state index contributed by atoms with van der Waals surface area (Å²) in [5.74, 6) is 0.230. The number of aryl methyl sites for hydroxylation is 1. The van der Waals surface area contributed by atoms with E-state index in [9.17, 15) is 9.59 Å². The van der Waals surface area contributed by atoms with E-state index in [0.29, 0.717) is 34.9 Å². The number of hydrogen-bond donors (Lipinski definition) is 0. The molecule has 0 bridgehead atoms. The number of aromatic nitrogens is 3. The van der Waals surface area contributed by atoms with Gasteiger partial charge < -0.3 is 4.74 Å². The molecule has 1 unspecified atom stereocenters. The molecule has 3 heterocycles. The highest BCUT2D eigenvalue weighted by Gasteiger charge is 2.30. The molecule has 0 saturated carbocycles. The van der Waals surface area contributed by atoms with Crippen molar-refractivity contribution < 1.29 is 9.53 Å². The van der Waals surface area contributed by atoms with Crippen LogP contribution in [0.25, 0.3) is 16.7 Å². The molecular formula is C18H15N3O3S. The van der Waals surface area contributed by atoms with E-state index < -0.39 is 0 Å². The minimum atomic E-state index is -0.357. The van der Waals surface area contributed by atoms with Gasteiger partial charge in [-0.3, -0.25) is 9.59 Å². The van der Waals surface area contributed by atoms with Gasteiger partial charge in [-0.15, -0.1) is 0 Å². The van der Waals surface area contributed by atoms with Crippen molar-refractivity contribution in [3.63, 3.8) is 0 Å². The Labute approximate surface area is 147 Å². The molecule has 1 aliphatic heterocycles. The SMILES string of the molecule is Cc1cccc(-n2c(SC3CCOC3=O)nc3ccccc3c2=O)n1. The average molecular weight is 353 g/mol. The lowest BCUT2D eigenvalue weighted by Crippen LogP contribution is -2.24. The molecule has 25 heavy (non-hydrogen) atoms. The maximum Gasteiger partial charge on any atom is 0.319 e. The van der Waals surface area contributed by atoms with Crippen LogP contribution in [0.15, 0.2) is 52.4 Å². The molecule has 1 fully saturated rings. The second-order valence-electron chi connectivity index (χ2n) is 5.75. The average Bonchev–Trinajstić information content (AvgIpc) is 3.00. The van der Waals surface area contributed by atoms with E-state index in [0.717, 1.165) is 5.69 Å². The number of fused-ring (bicyclic) bond motifs is 1. The molecule has 1 saturated heterocycles. The molecule has 1 aromatic carbocycles. The van der Waals surface area contributed by atoms with Crippen LogP contribution in [-0.2, 0) is 9.53 Å². The Morgan fingerprint density at radius 2 is 1.96 bits per heavy atom. The number of hydrogen-bond acceptors (Lipinski definition) is 6. The van der Waals surface area contributed by atoms with Gasteiger partial charge in [0, 0.05) is 12.1 Å². The molecule has 1 atom stereocenters. The number of benzene rings is 1. The van der Waals surface area contributed by atoms with Gasteiger partial charge in [0.1, 0.15) is 11.1 Å². The first-order valence-electron chi connectivity index (χ1n) is 7.92. The van der Waals surface area contributed by atoms with Crippen LogP contribution >= 0.6 is 11.8 Å². The molecule has 6 nitrogen and oxygen atoms in total. The first-order valence-corrected chi connectivity index (χ1v) is 8.80. The van der Waals surface area contributed by atoms with Crippen LogP contribution < -0.4 is 5.56 Å². The molecule has 0 amide bonds. The summed E-state index contributed by atoms with van der Waals surface area (Å²) in [6.45, 7) is 2.27. The highest BCUT2D eigenvalue weighted by atomic mass is 32.2. The van der Waals surface area contributed by atoms with Gasteiger partial charge in [-0.05, 0) is 31.2 Å². The highest BCUT2D eigenvalue weighted by Crippen LogP contribution is 2.29. The second-order valence-corrected chi connectivity index (χ2v) is 6.92. The minimum absolute atomic E-state index is 0.197. The molecule has 0 N–H and O–H groups in total. The fourth-order valence-corrected chi connectivity index (χ4v) is 3.82. The molecule has 7 heteroatoms. The summed E-state index contributed by atoms with van der Waals surface area (Å²) in [5, 5.41) is 0.610. The maximum atomic E-state index is 13.1. The fourth-order valence-electron chi connectivity index (χ4n) is 2.76. The molecule has 1 aliphatic rings. The summed E-state index contributed by atoms with van der Waals surface area (Å²) in [5.41, 5.74) is 1.21. The smallest absolute Gasteiger partial charge is 0.319 e. The van der Waals surface area contributed by atoms with Crippen LogP contribution in [0.1, 0.15) is 12.1 Å². The van der Waals surface area contributed by atoms with Crippen LogP contribution in [0.4, 0.5) is 0 Å². The number of cyclic esters (lactones) is 1. The standard InChI is InChI=1S/C18H15N3O3S/c1-11-5-4-8-15(19-11)21-16(22)12-6-2-3-7-13(12)20-18(21)25-14-9-10-24-17(14)23/h2-8,14H,9-10H2,1H3. The number of nitrogens with zero attached hydrogens (tertiary/aromatic N) is 3. The van der Waals surface area contributed by atoms with Crippen molar-refractivity contribution in [2.24, 2.45) is 0 Å². The van der Waals surface area contributed by atoms with Gasteiger partial charge in [-0.1, -0.05) is 30.0 Å². The van der Waals surface area contributed by atoms with Crippen LogP contribution in [0.3, 0.4) is 0 Å². The fraction of sp³-hybridized carbons (Fsp3) is 0.222. The Morgan fingerprint density at radius 1 is 1.12 bits per heavy atom. The van der Waals surface area contributed by atoms with Gasteiger partial charge in [-0.2, -0.15) is 0 Å². The molecule has 4 rings (SSSR count). The van der Waals surface area contributed by atoms with E-state index in [1.54, 1.807) is 24.3 Å². The van der Waals surface area contributed by atoms with Crippen LogP contribution in [0.5, 0.6) is 0 Å². The van der Waals surface area contributed by atoms with Crippen molar-refractivity contribution in [3.8, 4) is 5.82 Å². The van der Waals surface area contributed by atoms with Crippen molar-refractivity contribution >= 4 is 28.6 Å². The van der Waals surface area contributed by atoms with E-state index in [1.165, 1.54) is 16.3 Å². The number of carbonyl (C=O) groups is 1. The number of rotatable bonds is 3. The number of ether oxygens (including phenoxy) is 1. The monoisotopic (exact) mass is 353 g/mol. The van der Waals surface area contributed by atoms with E-state index in [-0.39, 0.29) is 16.8 Å². The number of thioether (sulfide) groups is 1. The first-order chi connectivity index (χ1) is 12.1. The third-order valence-corrected chi connectivity index (χ3v) is 5.18. The minimum Gasteiger partial charge on any atom is -0.465 e. The molecule has 0 spiro atoms. The molecule has 126 valence electrons. The summed E-state index contributed by atoms with van der Waals surface area (Å²) in [7, 11) is 0. The summed E-state index contributed by atoms with van der Waals surface area (Å²) in [6, 6.07) is 12.7. The van der Waals surface area contributed by atoms with E-state index in [4.69, 9.17) is 4.74 Å². The highest BCUT2D eigenvalue weighted by molar-refractivity contribution is 8.00. The van der Waals surface area contributed by atoms with Crippen molar-refractivity contribution in [3.05, 3.63) is 58.5 Å². The molecule has 3 aromatic rings. The first kappa shape index (κ1) is 15.8. The van der Waals surface area contributed by atoms with Gasteiger partial charge in [0.2, 0.25) is 0 Å². The zero-order valence-electron chi connectivity index (χ0n) is 13.5. The largest absolute Gasteiger partial charge is 0.465 e. The second kappa shape index (κ2) is 6.33. The lowest BCUT2D eigenvalue weighted by atomic mass is 10.2. The predicted molar refractivity (Wildman–Crippen MR) is 95.1 cm³/mol. The van der Waals surface area contributed by atoms with Gasteiger partial charge in [0.05, 0.1) is 17.5 Å². The summed E-state index contributed by atoms with van der Waals surface area (Å²) >= 11 is 1.25. The van der Waals surface area contributed by atoms with Gasteiger partial charge in [0.25, 0.3) is 5.56 Å². The third kappa shape index (κ3) is 2.91. The number of carbonyl (C=O) groups excluding carboxylic acids is 1. The van der Waals surface area contributed by atoms with Gasteiger partial charge in [-0.25, -0.2) is 14.5 Å². The molecule has 0 radical (unpaired) electrons. The zero-order valence-corrected chi connectivity index (χ0v) is 14.3. The van der Waals surface area contributed by atoms with E-state index in [2.05, 4.69) is 9.97 Å². The summed E-state index contributed by atoms with van der Waals surface area (Å²) < 4.78 is 6.51. The molecule has 2 aromatic heterocycles. The maximum absolute atomic E-state index is 13.1. The normalized spacial score (nSPS) is 17.0. The molecular weight excluding hydrogens is 338 g/mol. The Hall–Kier alpha value is -2.67. The number of esters is 1. The van der Waals surface area contributed by atoms with E-state index >= 15 is 0 Å². The Kier molecular flexibility index (Phi) is 4.01. The van der Waals surface area contributed by atoms with Crippen LogP contribution in [0, 0.1) is 6.92 Å². The summed E-state index contributed by atoms with van der Waals surface area (Å²) in [6.07, 6.45) is 0.605. The number of pyridine rings is 1. The topological polar surface area (TPSA) is 74.1 Å². The van der Waals surface area contributed by atoms with Gasteiger partial charge in [0.15, 0.2) is 5.16 Å². The summed E-state index contributed by atoms with van der Waals surface area (Å²) in [4.78, 5) is 34.0. The third-order valence-electron chi connectivity index (χ3n) is 3.98. The quantitative estimate of drug-likeness (QED) is 0.532. The number of para-hydroxylation sites is 1. The Morgan fingerprint density at radius 3 is 2.72 bits per heavy atom.